The van der Waals surface area contributed by atoms with Gasteiger partial charge in [0.1, 0.15) is 0 Å². The number of fused-ring (bicyclic) bond motifs is 1. The lowest BCUT2D eigenvalue weighted by molar-refractivity contribution is -0.138. The molecular formula is C16H15NO4. The Morgan fingerprint density at radius 3 is 2.33 bits per heavy atom. The van der Waals surface area contributed by atoms with Crippen molar-refractivity contribution >= 4 is 17.8 Å². The van der Waals surface area contributed by atoms with E-state index in [1.807, 2.05) is 0 Å². The highest BCUT2D eigenvalue weighted by molar-refractivity contribution is 6.21. The molecule has 0 saturated heterocycles. The molecule has 0 spiro atoms. The van der Waals surface area contributed by atoms with E-state index in [1.54, 1.807) is 38.1 Å². The Hall–Kier alpha value is -2.65. The molecule has 2 rings (SSSR count). The standard InChI is InChI=1S/C16H15NO4/c1-3-21-16(20)11(2)7-6-10-17-14(18)12-8-4-5-9-13(12)15(17)19/h4-6,8-9H,3,10H2,1-2H3. The number of benzene rings is 1. The van der Waals surface area contributed by atoms with E-state index in [2.05, 4.69) is 5.73 Å². The van der Waals surface area contributed by atoms with Gasteiger partial charge in [-0.25, -0.2) is 4.79 Å². The number of imide groups is 1. The number of hydrogen-bond donors (Lipinski definition) is 0. The number of carbonyl (C=O) groups excluding carboxylic acids is 3. The molecule has 0 saturated carbocycles. The van der Waals surface area contributed by atoms with Crippen molar-refractivity contribution in [3.05, 3.63) is 52.8 Å². The summed E-state index contributed by atoms with van der Waals surface area (Å²) in [6, 6.07) is 6.68. The molecule has 0 N–H and O–H groups in total. The van der Waals surface area contributed by atoms with E-state index in [0.29, 0.717) is 16.7 Å². The van der Waals surface area contributed by atoms with E-state index >= 15 is 0 Å². The Labute approximate surface area is 122 Å². The van der Waals surface area contributed by atoms with Gasteiger partial charge in [0.25, 0.3) is 11.8 Å². The molecule has 1 aromatic rings. The molecule has 1 heterocycles. The van der Waals surface area contributed by atoms with E-state index in [-0.39, 0.29) is 25.0 Å². The number of nitrogens with zero attached hydrogens (tertiary/aromatic N) is 1. The minimum atomic E-state index is -0.462. The Bertz CT molecular complexity index is 634. The van der Waals surface area contributed by atoms with Gasteiger partial charge in [0, 0.05) is 0 Å². The Morgan fingerprint density at radius 1 is 1.24 bits per heavy atom. The number of esters is 1. The molecule has 1 aliphatic heterocycles. The van der Waals surface area contributed by atoms with Crippen molar-refractivity contribution in [2.24, 2.45) is 0 Å². The molecule has 0 radical (unpaired) electrons. The van der Waals surface area contributed by atoms with Crippen molar-refractivity contribution in [1.82, 2.24) is 4.90 Å². The highest BCUT2D eigenvalue weighted by Crippen LogP contribution is 2.21. The summed E-state index contributed by atoms with van der Waals surface area (Å²) in [5, 5.41) is 0. The Morgan fingerprint density at radius 2 is 1.81 bits per heavy atom. The summed E-state index contributed by atoms with van der Waals surface area (Å²) in [5.41, 5.74) is 3.84. The van der Waals surface area contributed by atoms with Gasteiger partial charge in [-0.1, -0.05) is 12.1 Å². The first kappa shape index (κ1) is 14.8. The first-order valence-corrected chi connectivity index (χ1v) is 6.60. The second kappa shape index (κ2) is 6.20. The van der Waals surface area contributed by atoms with Crippen molar-refractivity contribution < 1.29 is 19.1 Å². The highest BCUT2D eigenvalue weighted by Gasteiger charge is 2.34. The minimum absolute atomic E-state index is 0.0725. The third kappa shape index (κ3) is 2.93. The third-order valence-corrected chi connectivity index (χ3v) is 3.05. The number of amides is 2. The second-order valence-corrected chi connectivity index (χ2v) is 4.46. The maximum atomic E-state index is 12.1. The molecular weight excluding hydrogens is 270 g/mol. The van der Waals surface area contributed by atoms with Crippen LogP contribution in [0.5, 0.6) is 0 Å². The average Bonchev–Trinajstić information content (AvgIpc) is 2.73. The van der Waals surface area contributed by atoms with Crippen LogP contribution in [0.3, 0.4) is 0 Å². The van der Waals surface area contributed by atoms with Gasteiger partial charge in [-0.15, -0.1) is 5.73 Å². The Kier molecular flexibility index (Phi) is 4.36. The molecule has 1 aromatic carbocycles. The fourth-order valence-electron chi connectivity index (χ4n) is 1.99. The second-order valence-electron chi connectivity index (χ2n) is 4.46. The molecule has 0 fully saturated rings. The van der Waals surface area contributed by atoms with Crippen molar-refractivity contribution in [3.63, 3.8) is 0 Å². The largest absolute Gasteiger partial charge is 0.462 e. The first-order chi connectivity index (χ1) is 10.1. The predicted molar refractivity (Wildman–Crippen MR) is 75.7 cm³/mol. The van der Waals surface area contributed by atoms with Crippen LogP contribution in [0.2, 0.25) is 0 Å². The van der Waals surface area contributed by atoms with Crippen LogP contribution in [0, 0.1) is 0 Å². The molecule has 0 aromatic heterocycles. The summed E-state index contributed by atoms with van der Waals surface area (Å²) >= 11 is 0. The predicted octanol–water partition coefficient (Wildman–Crippen LogP) is 1.95. The number of ether oxygens (including phenoxy) is 1. The van der Waals surface area contributed by atoms with Crippen LogP contribution >= 0.6 is 0 Å². The highest BCUT2D eigenvalue weighted by atomic mass is 16.5. The zero-order valence-electron chi connectivity index (χ0n) is 11.9. The van der Waals surface area contributed by atoms with Gasteiger partial charge >= 0.3 is 5.97 Å². The Balaban J connectivity index is 2.13. The van der Waals surface area contributed by atoms with E-state index in [1.165, 1.54) is 6.08 Å². The van der Waals surface area contributed by atoms with Crippen LogP contribution in [0.1, 0.15) is 34.6 Å². The van der Waals surface area contributed by atoms with E-state index in [4.69, 9.17) is 4.74 Å². The molecule has 1 aliphatic rings. The van der Waals surface area contributed by atoms with Crippen LogP contribution in [-0.2, 0) is 9.53 Å². The van der Waals surface area contributed by atoms with Crippen LogP contribution in [-0.4, -0.2) is 35.8 Å². The molecule has 0 unspecified atom stereocenters. The maximum Gasteiger partial charge on any atom is 0.341 e. The van der Waals surface area contributed by atoms with Crippen LogP contribution in [0.4, 0.5) is 0 Å². The monoisotopic (exact) mass is 285 g/mol. The summed E-state index contributed by atoms with van der Waals surface area (Å²) in [7, 11) is 0. The van der Waals surface area contributed by atoms with Crippen molar-refractivity contribution in [3.8, 4) is 0 Å². The first-order valence-electron chi connectivity index (χ1n) is 6.60. The van der Waals surface area contributed by atoms with Gasteiger partial charge in [-0.3, -0.25) is 14.5 Å². The van der Waals surface area contributed by atoms with Gasteiger partial charge in [0.05, 0.1) is 29.9 Å². The van der Waals surface area contributed by atoms with E-state index in [0.717, 1.165) is 4.90 Å². The zero-order valence-corrected chi connectivity index (χ0v) is 11.9. The van der Waals surface area contributed by atoms with E-state index in [9.17, 15) is 14.4 Å². The molecule has 108 valence electrons. The van der Waals surface area contributed by atoms with Crippen LogP contribution in [0.25, 0.3) is 0 Å². The smallest absolute Gasteiger partial charge is 0.341 e. The normalized spacial score (nSPS) is 12.8. The van der Waals surface area contributed by atoms with Crippen LogP contribution in [0.15, 0.2) is 41.6 Å². The number of rotatable bonds is 4. The van der Waals surface area contributed by atoms with Gasteiger partial charge in [-0.2, -0.15) is 0 Å². The fourth-order valence-corrected chi connectivity index (χ4v) is 1.99. The fraction of sp³-hybridized carbons (Fsp3) is 0.250. The third-order valence-electron chi connectivity index (χ3n) is 3.05. The SMILES string of the molecule is CCOC(=O)C(C)=C=CCN1C(=O)c2ccccc2C1=O. The molecule has 0 atom stereocenters. The van der Waals surface area contributed by atoms with Crippen molar-refractivity contribution in [1.29, 1.82) is 0 Å². The van der Waals surface area contributed by atoms with Gasteiger partial charge in [0.2, 0.25) is 0 Å². The summed E-state index contributed by atoms with van der Waals surface area (Å²) < 4.78 is 4.81. The minimum Gasteiger partial charge on any atom is -0.462 e. The summed E-state index contributed by atoms with van der Waals surface area (Å²) in [4.78, 5) is 36.7. The van der Waals surface area contributed by atoms with Crippen molar-refractivity contribution in [2.45, 2.75) is 13.8 Å². The van der Waals surface area contributed by atoms with Gasteiger partial charge in [-0.05, 0) is 32.1 Å². The topological polar surface area (TPSA) is 63.7 Å². The molecule has 5 heteroatoms. The van der Waals surface area contributed by atoms with Crippen molar-refractivity contribution in [2.75, 3.05) is 13.2 Å². The van der Waals surface area contributed by atoms with Gasteiger partial charge in [0.15, 0.2) is 0 Å². The lowest BCUT2D eigenvalue weighted by Crippen LogP contribution is -2.29. The van der Waals surface area contributed by atoms with Crippen LogP contribution < -0.4 is 0 Å². The molecule has 0 aliphatic carbocycles. The lowest BCUT2D eigenvalue weighted by atomic mass is 10.1. The molecule has 0 bridgehead atoms. The lowest BCUT2D eigenvalue weighted by Gasteiger charge is -2.09. The average molecular weight is 285 g/mol. The molecule has 5 nitrogen and oxygen atoms in total. The maximum absolute atomic E-state index is 12.1. The zero-order chi connectivity index (χ0) is 15.4. The summed E-state index contributed by atoms with van der Waals surface area (Å²) in [6.45, 7) is 3.64. The number of hydrogen-bond acceptors (Lipinski definition) is 4. The quantitative estimate of drug-likeness (QED) is 0.367. The summed E-state index contributed by atoms with van der Waals surface area (Å²) in [5.74, 6) is -1.12. The van der Waals surface area contributed by atoms with E-state index < -0.39 is 5.97 Å². The number of carbonyl (C=O) groups is 3. The molecule has 21 heavy (non-hydrogen) atoms. The molecule has 2 amide bonds. The summed E-state index contributed by atoms with van der Waals surface area (Å²) in [6.07, 6.45) is 1.48. The van der Waals surface area contributed by atoms with Gasteiger partial charge < -0.3 is 4.74 Å².